The molecule has 1 aliphatic heterocycles. The predicted molar refractivity (Wildman–Crippen MR) is 59.7 cm³/mol. The fourth-order valence-electron chi connectivity index (χ4n) is 1.87. The van der Waals surface area contributed by atoms with Gasteiger partial charge in [0.1, 0.15) is 0 Å². The summed E-state index contributed by atoms with van der Waals surface area (Å²) >= 11 is 0. The van der Waals surface area contributed by atoms with Crippen LogP contribution in [0.3, 0.4) is 0 Å². The van der Waals surface area contributed by atoms with E-state index in [0.717, 1.165) is 19.6 Å². The SMILES string of the molecule is CNC(=O)CCNC(C)CC1CCCO1. The normalized spacial score (nSPS) is 22.7. The Hall–Kier alpha value is -0.610. The lowest BCUT2D eigenvalue weighted by molar-refractivity contribution is -0.120. The fraction of sp³-hybridized carbons (Fsp3) is 0.909. The zero-order chi connectivity index (χ0) is 11.1. The first-order valence-electron chi connectivity index (χ1n) is 5.78. The molecular formula is C11H22N2O2. The molecule has 0 aliphatic carbocycles. The van der Waals surface area contributed by atoms with E-state index in [1.807, 2.05) is 0 Å². The Bertz CT molecular complexity index is 191. The van der Waals surface area contributed by atoms with E-state index in [0.29, 0.717) is 18.6 Å². The molecule has 1 heterocycles. The Morgan fingerprint density at radius 3 is 3.00 bits per heavy atom. The molecule has 0 aromatic carbocycles. The fourth-order valence-corrected chi connectivity index (χ4v) is 1.87. The number of amides is 1. The first-order chi connectivity index (χ1) is 7.22. The summed E-state index contributed by atoms with van der Waals surface area (Å²) in [6.45, 7) is 3.80. The summed E-state index contributed by atoms with van der Waals surface area (Å²) in [5.41, 5.74) is 0. The molecule has 4 nitrogen and oxygen atoms in total. The van der Waals surface area contributed by atoms with E-state index in [-0.39, 0.29) is 5.91 Å². The lowest BCUT2D eigenvalue weighted by Crippen LogP contribution is -2.33. The lowest BCUT2D eigenvalue weighted by atomic mass is 10.1. The van der Waals surface area contributed by atoms with E-state index in [9.17, 15) is 4.79 Å². The number of hydrogen-bond acceptors (Lipinski definition) is 3. The van der Waals surface area contributed by atoms with Crippen molar-refractivity contribution in [1.82, 2.24) is 10.6 Å². The van der Waals surface area contributed by atoms with Gasteiger partial charge in [0.2, 0.25) is 5.91 Å². The van der Waals surface area contributed by atoms with E-state index in [1.165, 1.54) is 12.8 Å². The molecule has 1 saturated heterocycles. The third-order valence-corrected chi connectivity index (χ3v) is 2.76. The topological polar surface area (TPSA) is 50.4 Å². The minimum absolute atomic E-state index is 0.0896. The maximum atomic E-state index is 11.0. The highest BCUT2D eigenvalue weighted by Crippen LogP contribution is 2.16. The predicted octanol–water partition coefficient (Wildman–Crippen LogP) is 0.670. The zero-order valence-corrected chi connectivity index (χ0v) is 9.71. The van der Waals surface area contributed by atoms with E-state index in [1.54, 1.807) is 7.05 Å². The molecule has 15 heavy (non-hydrogen) atoms. The summed E-state index contributed by atoms with van der Waals surface area (Å²) in [5, 5.41) is 5.94. The second-order valence-corrected chi connectivity index (χ2v) is 4.15. The van der Waals surface area contributed by atoms with Crippen molar-refractivity contribution in [3.05, 3.63) is 0 Å². The van der Waals surface area contributed by atoms with Crippen molar-refractivity contribution < 1.29 is 9.53 Å². The second kappa shape index (κ2) is 6.80. The Balaban J connectivity index is 2.02. The Kier molecular flexibility index (Phi) is 5.65. The van der Waals surface area contributed by atoms with Gasteiger partial charge in [-0.15, -0.1) is 0 Å². The highest BCUT2D eigenvalue weighted by Gasteiger charge is 2.17. The van der Waals surface area contributed by atoms with Gasteiger partial charge in [0, 0.05) is 32.7 Å². The van der Waals surface area contributed by atoms with E-state index in [4.69, 9.17) is 4.74 Å². The summed E-state index contributed by atoms with van der Waals surface area (Å²) in [6, 6.07) is 0.428. The molecule has 2 N–H and O–H groups in total. The van der Waals surface area contributed by atoms with Crippen LogP contribution < -0.4 is 10.6 Å². The molecule has 1 rings (SSSR count). The number of rotatable bonds is 6. The van der Waals surface area contributed by atoms with Crippen LogP contribution in [0.2, 0.25) is 0 Å². The monoisotopic (exact) mass is 214 g/mol. The van der Waals surface area contributed by atoms with Gasteiger partial charge in [-0.1, -0.05) is 0 Å². The number of carbonyl (C=O) groups is 1. The maximum Gasteiger partial charge on any atom is 0.221 e. The van der Waals surface area contributed by atoms with Crippen molar-refractivity contribution in [3.8, 4) is 0 Å². The average molecular weight is 214 g/mol. The number of carbonyl (C=O) groups excluding carboxylic acids is 1. The summed E-state index contributed by atoms with van der Waals surface area (Å²) < 4.78 is 5.55. The maximum absolute atomic E-state index is 11.0. The van der Waals surface area contributed by atoms with Crippen LogP contribution in [-0.2, 0) is 9.53 Å². The zero-order valence-electron chi connectivity index (χ0n) is 9.71. The molecular weight excluding hydrogens is 192 g/mol. The van der Waals surface area contributed by atoms with Crippen LogP contribution in [0.15, 0.2) is 0 Å². The Morgan fingerprint density at radius 2 is 2.40 bits per heavy atom. The molecule has 4 heteroatoms. The third-order valence-electron chi connectivity index (χ3n) is 2.76. The van der Waals surface area contributed by atoms with Crippen LogP contribution >= 0.6 is 0 Å². The van der Waals surface area contributed by atoms with Crippen LogP contribution in [0.4, 0.5) is 0 Å². The van der Waals surface area contributed by atoms with E-state index >= 15 is 0 Å². The lowest BCUT2D eigenvalue weighted by Gasteiger charge is -2.17. The van der Waals surface area contributed by atoms with E-state index in [2.05, 4.69) is 17.6 Å². The molecule has 1 aliphatic rings. The Labute approximate surface area is 91.8 Å². The molecule has 0 saturated carbocycles. The van der Waals surface area contributed by atoms with Gasteiger partial charge in [-0.25, -0.2) is 0 Å². The van der Waals surface area contributed by atoms with Gasteiger partial charge in [0.25, 0.3) is 0 Å². The minimum atomic E-state index is 0.0896. The highest BCUT2D eigenvalue weighted by atomic mass is 16.5. The van der Waals surface area contributed by atoms with Crippen LogP contribution in [0.1, 0.15) is 32.6 Å². The Morgan fingerprint density at radius 1 is 1.60 bits per heavy atom. The molecule has 0 aromatic heterocycles. The summed E-state index contributed by atoms with van der Waals surface area (Å²) in [6.07, 6.45) is 4.39. The second-order valence-electron chi connectivity index (χ2n) is 4.15. The molecule has 1 amide bonds. The van der Waals surface area contributed by atoms with Gasteiger partial charge in [-0.2, -0.15) is 0 Å². The minimum Gasteiger partial charge on any atom is -0.378 e. The number of nitrogens with one attached hydrogen (secondary N) is 2. The molecule has 0 spiro atoms. The van der Waals surface area contributed by atoms with Gasteiger partial charge < -0.3 is 15.4 Å². The molecule has 0 radical (unpaired) electrons. The molecule has 0 aromatic rings. The summed E-state index contributed by atoms with van der Waals surface area (Å²) in [4.78, 5) is 11.0. The van der Waals surface area contributed by atoms with Gasteiger partial charge in [0.05, 0.1) is 6.10 Å². The highest BCUT2D eigenvalue weighted by molar-refractivity contribution is 5.75. The van der Waals surface area contributed by atoms with Gasteiger partial charge in [0.15, 0.2) is 0 Å². The van der Waals surface area contributed by atoms with Crippen LogP contribution in [-0.4, -0.2) is 38.3 Å². The van der Waals surface area contributed by atoms with Gasteiger partial charge in [-0.05, 0) is 26.2 Å². The molecule has 1 fully saturated rings. The van der Waals surface area contributed by atoms with Crippen molar-refractivity contribution in [3.63, 3.8) is 0 Å². The largest absolute Gasteiger partial charge is 0.378 e. The smallest absolute Gasteiger partial charge is 0.221 e. The molecule has 88 valence electrons. The summed E-state index contributed by atoms with van der Waals surface area (Å²) in [5.74, 6) is 0.0896. The first kappa shape index (κ1) is 12.5. The van der Waals surface area contributed by atoms with Crippen molar-refractivity contribution >= 4 is 5.91 Å². The van der Waals surface area contributed by atoms with Crippen molar-refractivity contribution in [2.24, 2.45) is 0 Å². The van der Waals surface area contributed by atoms with E-state index < -0.39 is 0 Å². The standard InChI is InChI=1S/C11H22N2O2/c1-9(8-10-4-3-7-15-10)13-6-5-11(14)12-2/h9-10,13H,3-8H2,1-2H3,(H,12,14). The summed E-state index contributed by atoms with van der Waals surface area (Å²) in [7, 11) is 1.66. The van der Waals surface area contributed by atoms with Crippen molar-refractivity contribution in [2.75, 3.05) is 20.2 Å². The quantitative estimate of drug-likeness (QED) is 0.683. The van der Waals surface area contributed by atoms with Crippen LogP contribution in [0.5, 0.6) is 0 Å². The number of hydrogen-bond donors (Lipinski definition) is 2. The molecule has 0 bridgehead atoms. The first-order valence-corrected chi connectivity index (χ1v) is 5.78. The van der Waals surface area contributed by atoms with Crippen molar-refractivity contribution in [1.29, 1.82) is 0 Å². The third kappa shape index (κ3) is 5.14. The van der Waals surface area contributed by atoms with Crippen molar-refractivity contribution in [2.45, 2.75) is 44.8 Å². The molecule has 2 unspecified atom stereocenters. The number of ether oxygens (including phenoxy) is 1. The average Bonchev–Trinajstić information content (AvgIpc) is 2.70. The van der Waals surface area contributed by atoms with Gasteiger partial charge >= 0.3 is 0 Å². The van der Waals surface area contributed by atoms with Crippen LogP contribution in [0, 0.1) is 0 Å². The van der Waals surface area contributed by atoms with Gasteiger partial charge in [-0.3, -0.25) is 4.79 Å². The van der Waals surface area contributed by atoms with Crippen LogP contribution in [0.25, 0.3) is 0 Å². The molecule has 2 atom stereocenters.